The van der Waals surface area contributed by atoms with E-state index in [-0.39, 0.29) is 29.8 Å². The Morgan fingerprint density at radius 2 is 1.74 bits per heavy atom. The van der Waals surface area contributed by atoms with Gasteiger partial charge in [-0.15, -0.1) is 0 Å². The Hall–Kier alpha value is -2.60. The number of amides is 2. The van der Waals surface area contributed by atoms with Crippen molar-refractivity contribution in [2.75, 3.05) is 27.2 Å². The number of ether oxygens (including phenoxy) is 1. The number of likely N-dealkylation sites (tertiary alicyclic amines) is 1. The van der Waals surface area contributed by atoms with Crippen molar-refractivity contribution >= 4 is 22.6 Å². The molecule has 0 bridgehead atoms. The van der Waals surface area contributed by atoms with Crippen molar-refractivity contribution in [2.24, 2.45) is 5.92 Å². The summed E-state index contributed by atoms with van der Waals surface area (Å²) in [4.78, 5) is 29.3. The quantitative estimate of drug-likeness (QED) is 0.738. The maximum atomic E-state index is 13.0. The molecule has 6 heteroatoms. The minimum Gasteiger partial charge on any atom is -0.497 e. The van der Waals surface area contributed by atoms with Crippen LogP contribution >= 0.6 is 0 Å². The molecule has 0 aromatic heterocycles. The number of methoxy groups -OCH3 is 1. The van der Waals surface area contributed by atoms with Gasteiger partial charge in [0, 0.05) is 25.6 Å². The first-order valence-corrected chi connectivity index (χ1v) is 11.1. The highest BCUT2D eigenvalue weighted by atomic mass is 16.5. The summed E-state index contributed by atoms with van der Waals surface area (Å²) in [6, 6.07) is 12.2. The van der Waals surface area contributed by atoms with Gasteiger partial charge in [0.1, 0.15) is 5.75 Å². The molecular weight excluding hydrogens is 390 g/mol. The Morgan fingerprint density at radius 1 is 1.10 bits per heavy atom. The van der Waals surface area contributed by atoms with Crippen LogP contribution in [0.3, 0.4) is 0 Å². The van der Waals surface area contributed by atoms with Crippen molar-refractivity contribution in [1.82, 2.24) is 15.1 Å². The maximum absolute atomic E-state index is 13.0. The summed E-state index contributed by atoms with van der Waals surface area (Å²) in [5.74, 6) is 1.14. The van der Waals surface area contributed by atoms with Crippen LogP contribution < -0.4 is 10.1 Å². The highest BCUT2D eigenvalue weighted by Crippen LogP contribution is 2.23. The topological polar surface area (TPSA) is 61.9 Å². The molecular formula is C25H35N3O3. The summed E-state index contributed by atoms with van der Waals surface area (Å²) in [5.41, 5.74) is 1.10. The van der Waals surface area contributed by atoms with Gasteiger partial charge in [0.2, 0.25) is 11.8 Å². The molecule has 1 N–H and O–H groups in total. The molecule has 1 aliphatic heterocycles. The van der Waals surface area contributed by atoms with Crippen LogP contribution in [-0.4, -0.2) is 60.9 Å². The van der Waals surface area contributed by atoms with E-state index in [9.17, 15) is 9.59 Å². The van der Waals surface area contributed by atoms with Crippen LogP contribution in [0.2, 0.25) is 0 Å². The molecule has 168 valence electrons. The molecule has 1 aliphatic rings. The van der Waals surface area contributed by atoms with Crippen LogP contribution in [0, 0.1) is 5.92 Å². The summed E-state index contributed by atoms with van der Waals surface area (Å²) in [5, 5.41) is 5.26. The Bertz CT molecular complexity index is 919. The molecule has 2 aromatic rings. The Labute approximate surface area is 185 Å². The predicted octanol–water partition coefficient (Wildman–Crippen LogP) is 3.43. The number of fused-ring (bicyclic) bond motifs is 1. The molecule has 31 heavy (non-hydrogen) atoms. The standard InChI is InChI=1S/C25H35N3O3/c1-17(2)26-24(29)20-10-12-28(13-11-20)18(3)25(30)27(4)16-19-6-7-22-15-23(31-5)9-8-21(22)14-19/h6-9,14-15,17-18,20H,10-13,16H2,1-5H3,(H,26,29). The fourth-order valence-corrected chi connectivity index (χ4v) is 4.28. The van der Waals surface area contributed by atoms with Gasteiger partial charge in [0.15, 0.2) is 0 Å². The number of nitrogens with one attached hydrogen (secondary N) is 1. The van der Waals surface area contributed by atoms with E-state index in [0.29, 0.717) is 6.54 Å². The average Bonchev–Trinajstić information content (AvgIpc) is 2.77. The van der Waals surface area contributed by atoms with Crippen LogP contribution in [0.25, 0.3) is 10.8 Å². The monoisotopic (exact) mass is 425 g/mol. The Morgan fingerprint density at radius 3 is 2.39 bits per heavy atom. The minimum absolute atomic E-state index is 0.0508. The van der Waals surface area contributed by atoms with Gasteiger partial charge in [-0.05, 0) is 81.2 Å². The highest BCUT2D eigenvalue weighted by Gasteiger charge is 2.31. The average molecular weight is 426 g/mol. The maximum Gasteiger partial charge on any atom is 0.239 e. The van der Waals surface area contributed by atoms with Gasteiger partial charge in [-0.1, -0.05) is 18.2 Å². The number of carbonyl (C=O) groups excluding carboxylic acids is 2. The number of benzene rings is 2. The van der Waals surface area contributed by atoms with Crippen molar-refractivity contribution in [3.05, 3.63) is 42.0 Å². The number of piperidine rings is 1. The smallest absolute Gasteiger partial charge is 0.239 e. The summed E-state index contributed by atoms with van der Waals surface area (Å²) >= 11 is 0. The third kappa shape index (κ3) is 5.76. The van der Waals surface area contributed by atoms with E-state index in [1.54, 1.807) is 12.0 Å². The largest absolute Gasteiger partial charge is 0.497 e. The molecule has 3 rings (SSSR count). The van der Waals surface area contributed by atoms with Crippen LogP contribution in [-0.2, 0) is 16.1 Å². The summed E-state index contributed by atoms with van der Waals surface area (Å²) < 4.78 is 5.29. The number of hydrogen-bond acceptors (Lipinski definition) is 4. The number of likely N-dealkylation sites (N-methyl/N-ethyl adjacent to an activating group) is 1. The van der Waals surface area contributed by atoms with Crippen LogP contribution in [0.15, 0.2) is 36.4 Å². The summed E-state index contributed by atoms with van der Waals surface area (Å²) in [6.07, 6.45) is 1.60. The van der Waals surface area contributed by atoms with Gasteiger partial charge in [0.25, 0.3) is 0 Å². The highest BCUT2D eigenvalue weighted by molar-refractivity contribution is 5.85. The lowest BCUT2D eigenvalue weighted by atomic mass is 9.94. The third-order valence-electron chi connectivity index (χ3n) is 6.14. The van der Waals surface area contributed by atoms with E-state index in [4.69, 9.17) is 4.74 Å². The number of nitrogens with zero attached hydrogens (tertiary/aromatic N) is 2. The molecule has 1 fully saturated rings. The van der Waals surface area contributed by atoms with Gasteiger partial charge in [-0.25, -0.2) is 0 Å². The van der Waals surface area contributed by atoms with Gasteiger partial charge in [-0.3, -0.25) is 14.5 Å². The van der Waals surface area contributed by atoms with Gasteiger partial charge in [-0.2, -0.15) is 0 Å². The van der Waals surface area contributed by atoms with Crippen molar-refractivity contribution in [3.8, 4) is 5.75 Å². The minimum atomic E-state index is -0.191. The Kier molecular flexibility index (Phi) is 7.55. The molecule has 2 aromatic carbocycles. The van der Waals surface area contributed by atoms with Crippen LogP contribution in [0.1, 0.15) is 39.2 Å². The molecule has 0 aliphatic carbocycles. The molecule has 1 saturated heterocycles. The van der Waals surface area contributed by atoms with E-state index < -0.39 is 0 Å². The molecule has 6 nitrogen and oxygen atoms in total. The van der Waals surface area contributed by atoms with Gasteiger partial charge < -0.3 is 15.0 Å². The van der Waals surface area contributed by atoms with Crippen LogP contribution in [0.5, 0.6) is 5.75 Å². The molecule has 1 unspecified atom stereocenters. The van der Waals surface area contributed by atoms with Crippen molar-refractivity contribution < 1.29 is 14.3 Å². The molecule has 1 atom stereocenters. The lowest BCUT2D eigenvalue weighted by Gasteiger charge is -2.36. The second-order valence-corrected chi connectivity index (χ2v) is 8.89. The zero-order chi connectivity index (χ0) is 22.5. The Balaban J connectivity index is 1.56. The van der Waals surface area contributed by atoms with Crippen molar-refractivity contribution in [2.45, 2.75) is 52.2 Å². The first-order chi connectivity index (χ1) is 14.8. The van der Waals surface area contributed by atoms with Crippen molar-refractivity contribution in [1.29, 1.82) is 0 Å². The first kappa shape index (κ1) is 23.1. The van der Waals surface area contributed by atoms with Crippen molar-refractivity contribution in [3.63, 3.8) is 0 Å². The summed E-state index contributed by atoms with van der Waals surface area (Å²) in [6.45, 7) is 8.05. The van der Waals surface area contributed by atoms with Gasteiger partial charge >= 0.3 is 0 Å². The SMILES string of the molecule is COc1ccc2cc(CN(C)C(=O)C(C)N3CCC(C(=O)NC(C)C)CC3)ccc2c1. The van der Waals surface area contributed by atoms with E-state index in [1.165, 1.54) is 0 Å². The lowest BCUT2D eigenvalue weighted by molar-refractivity contribution is -0.136. The molecule has 0 spiro atoms. The normalized spacial score (nSPS) is 16.3. The van der Waals surface area contributed by atoms with Crippen LogP contribution in [0.4, 0.5) is 0 Å². The second kappa shape index (κ2) is 10.1. The molecule has 2 amide bonds. The van der Waals surface area contributed by atoms with E-state index in [0.717, 1.165) is 48.0 Å². The fourth-order valence-electron chi connectivity index (χ4n) is 4.28. The van der Waals surface area contributed by atoms with E-state index in [1.807, 2.05) is 46.0 Å². The molecule has 0 radical (unpaired) electrons. The molecule has 0 saturated carbocycles. The zero-order valence-electron chi connectivity index (χ0n) is 19.4. The third-order valence-corrected chi connectivity index (χ3v) is 6.14. The predicted molar refractivity (Wildman–Crippen MR) is 124 cm³/mol. The first-order valence-electron chi connectivity index (χ1n) is 11.1. The van der Waals surface area contributed by atoms with E-state index in [2.05, 4.69) is 28.4 Å². The summed E-state index contributed by atoms with van der Waals surface area (Å²) in [7, 11) is 3.53. The number of carbonyl (C=O) groups is 2. The lowest BCUT2D eigenvalue weighted by Crippen LogP contribution is -2.50. The fraction of sp³-hybridized carbons (Fsp3) is 0.520. The second-order valence-electron chi connectivity index (χ2n) is 8.89. The van der Waals surface area contributed by atoms with E-state index >= 15 is 0 Å². The number of hydrogen-bond donors (Lipinski definition) is 1. The molecule has 1 heterocycles. The van der Waals surface area contributed by atoms with Gasteiger partial charge in [0.05, 0.1) is 13.2 Å². The zero-order valence-corrected chi connectivity index (χ0v) is 19.4. The number of rotatable bonds is 7.